The van der Waals surface area contributed by atoms with Crippen molar-refractivity contribution in [2.75, 3.05) is 13.1 Å². The molecule has 0 bridgehead atoms. The molecule has 2 saturated heterocycles. The van der Waals surface area contributed by atoms with Gasteiger partial charge in [0.15, 0.2) is 0 Å². The van der Waals surface area contributed by atoms with Crippen LogP contribution in [-0.4, -0.2) is 69.2 Å². The number of carboxylic acid groups (broad SMARTS) is 2. The Labute approximate surface area is 168 Å². The molecule has 28 heavy (non-hydrogen) atoms. The van der Waals surface area contributed by atoms with Crippen LogP contribution < -0.4 is 0 Å². The summed E-state index contributed by atoms with van der Waals surface area (Å²) in [6.07, 6.45) is 8.25. The van der Waals surface area contributed by atoms with E-state index in [0.717, 1.165) is 64.5 Å². The largest absolute Gasteiger partial charge is 0.480 e. The molecule has 2 spiro atoms. The molecule has 158 valence electrons. The van der Waals surface area contributed by atoms with Gasteiger partial charge in [-0.2, -0.15) is 0 Å². The van der Waals surface area contributed by atoms with Crippen LogP contribution in [0.5, 0.6) is 0 Å². The molecule has 5 atom stereocenters. The van der Waals surface area contributed by atoms with E-state index in [4.69, 9.17) is 0 Å². The van der Waals surface area contributed by atoms with Crippen molar-refractivity contribution in [2.24, 2.45) is 16.7 Å². The van der Waals surface area contributed by atoms with Gasteiger partial charge in [0.05, 0.1) is 0 Å². The molecule has 4 rings (SSSR count). The van der Waals surface area contributed by atoms with Crippen molar-refractivity contribution in [2.45, 2.75) is 96.3 Å². The first kappa shape index (κ1) is 20.1. The fourth-order valence-corrected chi connectivity index (χ4v) is 6.62. The highest BCUT2D eigenvalue weighted by atomic mass is 16.4. The molecule has 2 aliphatic carbocycles. The molecule has 4 aliphatic rings. The first-order chi connectivity index (χ1) is 13.2. The zero-order chi connectivity index (χ0) is 20.3. The third-order valence-corrected chi connectivity index (χ3v) is 8.50. The average Bonchev–Trinajstić information content (AvgIpc) is 3.53. The number of carboxylic acids is 2. The van der Waals surface area contributed by atoms with Crippen molar-refractivity contribution < 1.29 is 19.8 Å². The van der Waals surface area contributed by atoms with E-state index in [1.54, 1.807) is 0 Å². The van der Waals surface area contributed by atoms with E-state index >= 15 is 0 Å². The second-order valence-corrected chi connectivity index (χ2v) is 10.4. The summed E-state index contributed by atoms with van der Waals surface area (Å²) in [6, 6.07) is -0.172. The van der Waals surface area contributed by atoms with Crippen LogP contribution in [-0.2, 0) is 9.59 Å². The number of aliphatic carboxylic acids is 2. The molecule has 0 amide bonds. The van der Waals surface area contributed by atoms with Gasteiger partial charge in [-0.15, -0.1) is 0 Å². The Balaban J connectivity index is 1.40. The van der Waals surface area contributed by atoms with E-state index in [2.05, 4.69) is 30.6 Å². The van der Waals surface area contributed by atoms with E-state index in [0.29, 0.717) is 5.92 Å². The minimum absolute atomic E-state index is 0.0383. The summed E-state index contributed by atoms with van der Waals surface area (Å²) in [6.45, 7) is 8.11. The van der Waals surface area contributed by atoms with Crippen molar-refractivity contribution in [1.29, 1.82) is 0 Å². The summed E-state index contributed by atoms with van der Waals surface area (Å²) in [5, 5.41) is 19.6. The molecular weight excluding hydrogens is 356 g/mol. The van der Waals surface area contributed by atoms with Gasteiger partial charge in [-0.25, -0.2) is 0 Å². The van der Waals surface area contributed by atoms with E-state index in [-0.39, 0.29) is 35.0 Å². The van der Waals surface area contributed by atoms with Crippen LogP contribution in [0.1, 0.15) is 72.1 Å². The van der Waals surface area contributed by atoms with Crippen LogP contribution in [0.4, 0.5) is 0 Å². The molecule has 4 fully saturated rings. The van der Waals surface area contributed by atoms with Crippen molar-refractivity contribution in [3.63, 3.8) is 0 Å². The van der Waals surface area contributed by atoms with Gasteiger partial charge < -0.3 is 10.2 Å². The first-order valence-corrected chi connectivity index (χ1v) is 11.2. The van der Waals surface area contributed by atoms with Gasteiger partial charge in [0.1, 0.15) is 12.1 Å². The molecule has 0 aromatic rings. The smallest absolute Gasteiger partial charge is 0.321 e. The lowest BCUT2D eigenvalue weighted by molar-refractivity contribution is -0.150. The topological polar surface area (TPSA) is 81.1 Å². The molecule has 3 unspecified atom stereocenters. The normalized spacial score (nSPS) is 38.6. The highest BCUT2D eigenvalue weighted by Gasteiger charge is 2.60. The molecule has 0 radical (unpaired) electrons. The highest BCUT2D eigenvalue weighted by Crippen LogP contribution is 2.63. The average molecular weight is 393 g/mol. The van der Waals surface area contributed by atoms with E-state index < -0.39 is 11.9 Å². The Hall–Kier alpha value is -1.14. The maximum Gasteiger partial charge on any atom is 0.321 e. The van der Waals surface area contributed by atoms with Gasteiger partial charge >= 0.3 is 11.9 Å². The zero-order valence-electron chi connectivity index (χ0n) is 17.6. The molecule has 6 nitrogen and oxygen atoms in total. The lowest BCUT2D eigenvalue weighted by atomic mass is 9.82. The lowest BCUT2D eigenvalue weighted by Crippen LogP contribution is -2.55. The second-order valence-electron chi connectivity index (χ2n) is 10.4. The minimum atomic E-state index is -0.691. The Bertz CT molecular complexity index is 646. The maximum atomic E-state index is 12.0. The Morgan fingerprint density at radius 2 is 1.64 bits per heavy atom. The lowest BCUT2D eigenvalue weighted by Gasteiger charge is -2.43. The number of piperidine rings is 2. The third-order valence-electron chi connectivity index (χ3n) is 8.50. The molecule has 2 N–H and O–H groups in total. The summed E-state index contributed by atoms with van der Waals surface area (Å²) >= 11 is 0. The van der Waals surface area contributed by atoms with Gasteiger partial charge in [-0.3, -0.25) is 19.4 Å². The molecule has 2 aliphatic heterocycles. The van der Waals surface area contributed by atoms with Gasteiger partial charge in [0.25, 0.3) is 0 Å². The number of rotatable bonds is 6. The number of carbonyl (C=O) groups is 2. The van der Waals surface area contributed by atoms with Crippen LogP contribution in [0.3, 0.4) is 0 Å². The van der Waals surface area contributed by atoms with Gasteiger partial charge in [0, 0.05) is 12.1 Å². The molecule has 2 saturated carbocycles. The summed E-state index contributed by atoms with van der Waals surface area (Å²) in [4.78, 5) is 28.3. The molecule has 6 heteroatoms. The summed E-state index contributed by atoms with van der Waals surface area (Å²) in [5.74, 6) is -0.792. The van der Waals surface area contributed by atoms with Crippen LogP contribution >= 0.6 is 0 Å². The van der Waals surface area contributed by atoms with Gasteiger partial charge in [0.2, 0.25) is 0 Å². The Kier molecular flexibility index (Phi) is 5.02. The van der Waals surface area contributed by atoms with Crippen molar-refractivity contribution in [3.8, 4) is 0 Å². The summed E-state index contributed by atoms with van der Waals surface area (Å²) < 4.78 is 0. The quantitative estimate of drug-likeness (QED) is 0.723. The SMILES string of the molecule is CC(C)N1CCC2(CC2CC(C)N2CCCC3(CC3)[C@H]2C(=O)O)C[C@H]1C(=O)O. The van der Waals surface area contributed by atoms with Crippen molar-refractivity contribution >= 4 is 11.9 Å². The van der Waals surface area contributed by atoms with Crippen molar-refractivity contribution in [1.82, 2.24) is 9.80 Å². The fourth-order valence-electron chi connectivity index (χ4n) is 6.62. The minimum Gasteiger partial charge on any atom is -0.480 e. The van der Waals surface area contributed by atoms with Crippen molar-refractivity contribution in [3.05, 3.63) is 0 Å². The van der Waals surface area contributed by atoms with Crippen LogP contribution in [0, 0.1) is 16.7 Å². The third kappa shape index (κ3) is 3.36. The molecule has 2 heterocycles. The Morgan fingerprint density at radius 3 is 2.21 bits per heavy atom. The van der Waals surface area contributed by atoms with E-state index in [9.17, 15) is 19.8 Å². The number of hydrogen-bond donors (Lipinski definition) is 2. The van der Waals surface area contributed by atoms with Crippen LogP contribution in [0.2, 0.25) is 0 Å². The summed E-state index contributed by atoms with van der Waals surface area (Å²) in [7, 11) is 0. The predicted molar refractivity (Wildman–Crippen MR) is 106 cm³/mol. The van der Waals surface area contributed by atoms with E-state index in [1.165, 1.54) is 0 Å². The summed E-state index contributed by atoms with van der Waals surface area (Å²) in [5.41, 5.74) is 0.213. The standard InChI is InChI=1S/C22H36N2O4/c1-14(2)23-10-8-22(13-17(23)19(25)26)12-16(22)11-15(3)24-9-4-5-21(6-7-21)18(24)20(27)28/h14-18H,4-13H2,1-3H3,(H,25,26)(H,27,28)/t15?,16?,17-,18+,22?/m0/s1. The van der Waals surface area contributed by atoms with Gasteiger partial charge in [-0.1, -0.05) is 0 Å². The fraction of sp³-hybridized carbons (Fsp3) is 0.909. The predicted octanol–water partition coefficient (Wildman–Crippen LogP) is 3.06. The highest BCUT2D eigenvalue weighted by molar-refractivity contribution is 5.75. The number of likely N-dealkylation sites (tertiary alicyclic amines) is 2. The number of nitrogens with zero attached hydrogens (tertiary/aromatic N) is 2. The molecule has 0 aromatic carbocycles. The number of hydrogen-bond acceptors (Lipinski definition) is 4. The zero-order valence-corrected chi connectivity index (χ0v) is 17.6. The maximum absolute atomic E-state index is 12.0. The van der Waals surface area contributed by atoms with Gasteiger partial charge in [-0.05, 0) is 102 Å². The second kappa shape index (κ2) is 6.98. The Morgan fingerprint density at radius 1 is 0.929 bits per heavy atom. The van der Waals surface area contributed by atoms with Crippen LogP contribution in [0.25, 0.3) is 0 Å². The monoisotopic (exact) mass is 392 g/mol. The molecule has 0 aromatic heterocycles. The molecular formula is C22H36N2O4. The first-order valence-electron chi connectivity index (χ1n) is 11.2. The van der Waals surface area contributed by atoms with Crippen LogP contribution in [0.15, 0.2) is 0 Å². The van der Waals surface area contributed by atoms with E-state index in [1.807, 2.05) is 0 Å².